The summed E-state index contributed by atoms with van der Waals surface area (Å²) in [6, 6.07) is 12.3. The van der Waals surface area contributed by atoms with Crippen LogP contribution in [0.2, 0.25) is 0 Å². The molecule has 1 aliphatic carbocycles. The zero-order chi connectivity index (χ0) is 11.8. The Labute approximate surface area is 104 Å². The van der Waals surface area contributed by atoms with E-state index in [4.69, 9.17) is 0 Å². The van der Waals surface area contributed by atoms with Gasteiger partial charge in [0.1, 0.15) is 0 Å². The van der Waals surface area contributed by atoms with Crippen LogP contribution in [-0.4, -0.2) is 30.6 Å². The van der Waals surface area contributed by atoms with Gasteiger partial charge in [-0.2, -0.15) is 0 Å². The van der Waals surface area contributed by atoms with Crippen molar-refractivity contribution < 1.29 is 0 Å². The van der Waals surface area contributed by atoms with E-state index in [0.717, 1.165) is 24.4 Å². The number of benzene rings is 1. The molecule has 0 spiro atoms. The summed E-state index contributed by atoms with van der Waals surface area (Å²) in [4.78, 5) is 2.51. The molecule has 1 aromatic rings. The zero-order valence-corrected chi connectivity index (χ0v) is 10.8. The highest BCUT2D eigenvalue weighted by Crippen LogP contribution is 2.43. The minimum absolute atomic E-state index is 0.689. The van der Waals surface area contributed by atoms with Gasteiger partial charge in [-0.05, 0) is 44.3 Å². The van der Waals surface area contributed by atoms with Crippen molar-refractivity contribution in [2.45, 2.75) is 32.0 Å². The van der Waals surface area contributed by atoms with Crippen LogP contribution in [0.15, 0.2) is 30.3 Å². The van der Waals surface area contributed by atoms with Crippen LogP contribution in [0.25, 0.3) is 0 Å². The molecule has 3 aliphatic rings. The third kappa shape index (κ3) is 2.00. The van der Waals surface area contributed by atoms with Gasteiger partial charge in [-0.1, -0.05) is 30.3 Å². The van der Waals surface area contributed by atoms with Crippen molar-refractivity contribution in [2.24, 2.45) is 11.8 Å². The number of hydrogen-bond donors (Lipinski definition) is 1. The van der Waals surface area contributed by atoms with Gasteiger partial charge in [0.2, 0.25) is 0 Å². The molecule has 0 amide bonds. The molecule has 2 bridgehead atoms. The lowest BCUT2D eigenvalue weighted by Gasteiger charge is -2.43. The first-order valence-corrected chi connectivity index (χ1v) is 6.73. The topological polar surface area (TPSA) is 15.3 Å². The third-order valence-electron chi connectivity index (χ3n) is 4.73. The zero-order valence-electron chi connectivity index (χ0n) is 10.8. The average Bonchev–Trinajstić information content (AvgIpc) is 2.93. The molecular weight excluding hydrogens is 208 g/mol. The van der Waals surface area contributed by atoms with Crippen LogP contribution in [0.3, 0.4) is 0 Å². The molecule has 0 aromatic heterocycles. The number of nitrogens with zero attached hydrogens (tertiary/aromatic N) is 1. The highest BCUT2D eigenvalue weighted by molar-refractivity contribution is 5.15. The van der Waals surface area contributed by atoms with Crippen LogP contribution in [0.5, 0.6) is 0 Å². The fourth-order valence-electron chi connectivity index (χ4n) is 3.55. The van der Waals surface area contributed by atoms with Crippen molar-refractivity contribution >= 4 is 0 Å². The van der Waals surface area contributed by atoms with E-state index in [2.05, 4.69) is 54.5 Å². The smallest absolute Gasteiger partial charge is 0.0233 e. The van der Waals surface area contributed by atoms with Crippen molar-refractivity contribution in [3.05, 3.63) is 35.9 Å². The molecule has 4 rings (SSSR count). The van der Waals surface area contributed by atoms with Gasteiger partial charge in [-0.25, -0.2) is 0 Å². The Kier molecular flexibility index (Phi) is 2.93. The van der Waals surface area contributed by atoms with Crippen molar-refractivity contribution in [2.75, 3.05) is 13.6 Å². The van der Waals surface area contributed by atoms with Crippen LogP contribution in [0.1, 0.15) is 18.9 Å². The standard InChI is InChI=1S/C15H22N2/c1-11(15-13-8-14(15)16-9-13)17(2)10-12-6-4-3-5-7-12/h3-7,11,13-16H,8-10H2,1-2H3. The normalized spacial score (nSPS) is 32.5. The summed E-state index contributed by atoms with van der Waals surface area (Å²) in [5.41, 5.74) is 1.42. The summed E-state index contributed by atoms with van der Waals surface area (Å²) in [5, 5.41) is 3.62. The van der Waals surface area contributed by atoms with Crippen molar-refractivity contribution in [3.8, 4) is 0 Å². The summed E-state index contributed by atoms with van der Waals surface area (Å²) >= 11 is 0. The second-order valence-corrected chi connectivity index (χ2v) is 5.73. The summed E-state index contributed by atoms with van der Waals surface area (Å²) in [6.45, 7) is 4.70. The Morgan fingerprint density at radius 1 is 1.35 bits per heavy atom. The molecule has 0 radical (unpaired) electrons. The lowest BCUT2D eigenvalue weighted by molar-refractivity contribution is 0.0834. The average molecular weight is 230 g/mol. The Morgan fingerprint density at radius 2 is 2.12 bits per heavy atom. The maximum atomic E-state index is 3.62. The van der Waals surface area contributed by atoms with Gasteiger partial charge in [0, 0.05) is 18.6 Å². The fraction of sp³-hybridized carbons (Fsp3) is 0.600. The molecule has 2 heterocycles. The number of nitrogens with one attached hydrogen (secondary N) is 1. The van der Waals surface area contributed by atoms with E-state index in [1.807, 2.05) is 0 Å². The second-order valence-electron chi connectivity index (χ2n) is 5.73. The Balaban J connectivity index is 1.61. The number of fused-ring (bicyclic) bond motifs is 1. The molecule has 92 valence electrons. The molecule has 2 heteroatoms. The third-order valence-corrected chi connectivity index (χ3v) is 4.73. The highest BCUT2D eigenvalue weighted by atomic mass is 15.2. The van der Waals surface area contributed by atoms with E-state index in [9.17, 15) is 0 Å². The Bertz CT molecular complexity index is 362. The van der Waals surface area contributed by atoms with E-state index in [1.165, 1.54) is 18.5 Å². The number of hydrogen-bond acceptors (Lipinski definition) is 2. The summed E-state index contributed by atoms with van der Waals surface area (Å²) < 4.78 is 0. The van der Waals surface area contributed by atoms with Crippen molar-refractivity contribution in [3.63, 3.8) is 0 Å². The van der Waals surface area contributed by atoms with Crippen LogP contribution in [0.4, 0.5) is 0 Å². The van der Waals surface area contributed by atoms with E-state index in [1.54, 1.807) is 0 Å². The molecule has 3 fully saturated rings. The maximum absolute atomic E-state index is 3.62. The minimum Gasteiger partial charge on any atom is -0.313 e. The fourth-order valence-corrected chi connectivity index (χ4v) is 3.55. The van der Waals surface area contributed by atoms with Crippen LogP contribution in [-0.2, 0) is 6.54 Å². The molecular formula is C15H22N2. The predicted molar refractivity (Wildman–Crippen MR) is 70.8 cm³/mol. The Morgan fingerprint density at radius 3 is 2.71 bits per heavy atom. The monoisotopic (exact) mass is 230 g/mol. The lowest BCUT2D eigenvalue weighted by Crippen LogP contribution is -2.49. The highest BCUT2D eigenvalue weighted by Gasteiger charge is 2.49. The minimum atomic E-state index is 0.689. The van der Waals surface area contributed by atoms with Gasteiger partial charge in [0.05, 0.1) is 0 Å². The van der Waals surface area contributed by atoms with Gasteiger partial charge in [-0.15, -0.1) is 0 Å². The van der Waals surface area contributed by atoms with Gasteiger partial charge in [0.15, 0.2) is 0 Å². The van der Waals surface area contributed by atoms with Gasteiger partial charge in [-0.3, -0.25) is 4.90 Å². The molecule has 4 unspecified atom stereocenters. The molecule has 2 aliphatic heterocycles. The first-order valence-electron chi connectivity index (χ1n) is 6.73. The quantitative estimate of drug-likeness (QED) is 0.852. The number of rotatable bonds is 4. The SMILES string of the molecule is CC(C1C2CNC1C2)N(C)Cc1ccccc1. The summed E-state index contributed by atoms with van der Waals surface area (Å²) in [5.74, 6) is 1.82. The summed E-state index contributed by atoms with van der Waals surface area (Å²) in [7, 11) is 2.26. The van der Waals surface area contributed by atoms with Gasteiger partial charge in [0.25, 0.3) is 0 Å². The van der Waals surface area contributed by atoms with Crippen molar-refractivity contribution in [1.29, 1.82) is 0 Å². The van der Waals surface area contributed by atoms with Crippen LogP contribution in [0, 0.1) is 11.8 Å². The molecule has 1 N–H and O–H groups in total. The van der Waals surface area contributed by atoms with Gasteiger partial charge < -0.3 is 5.32 Å². The first kappa shape index (κ1) is 11.2. The largest absolute Gasteiger partial charge is 0.313 e. The van der Waals surface area contributed by atoms with E-state index in [0.29, 0.717) is 6.04 Å². The predicted octanol–water partition coefficient (Wildman–Crippen LogP) is 2.11. The maximum Gasteiger partial charge on any atom is 0.0233 e. The van der Waals surface area contributed by atoms with E-state index >= 15 is 0 Å². The molecule has 1 saturated carbocycles. The molecule has 4 atom stereocenters. The molecule has 2 saturated heterocycles. The van der Waals surface area contributed by atoms with E-state index in [-0.39, 0.29) is 0 Å². The second kappa shape index (κ2) is 4.43. The van der Waals surface area contributed by atoms with Crippen LogP contribution >= 0.6 is 0 Å². The summed E-state index contributed by atoms with van der Waals surface area (Å²) in [6.07, 6.45) is 1.41. The first-order chi connectivity index (χ1) is 8.25. The molecule has 2 nitrogen and oxygen atoms in total. The Hall–Kier alpha value is -0.860. The van der Waals surface area contributed by atoms with Crippen LogP contribution < -0.4 is 5.32 Å². The van der Waals surface area contributed by atoms with Gasteiger partial charge >= 0.3 is 0 Å². The lowest BCUT2D eigenvalue weighted by atomic mass is 9.70. The molecule has 1 aromatic carbocycles. The molecule has 17 heavy (non-hydrogen) atoms. The van der Waals surface area contributed by atoms with E-state index < -0.39 is 0 Å². The van der Waals surface area contributed by atoms with Crippen molar-refractivity contribution in [1.82, 2.24) is 10.2 Å².